The first-order valence-electron chi connectivity index (χ1n) is 6.84. The second kappa shape index (κ2) is 8.23. The second-order valence-electron chi connectivity index (χ2n) is 4.46. The lowest BCUT2D eigenvalue weighted by atomic mass is 10.1. The number of aromatic nitrogens is 2. The van der Waals surface area contributed by atoms with Crippen LogP contribution in [0.2, 0.25) is 0 Å². The first-order valence-corrected chi connectivity index (χ1v) is 6.84. The summed E-state index contributed by atoms with van der Waals surface area (Å²) in [4.78, 5) is 4.43. The molecule has 17 heavy (non-hydrogen) atoms. The minimum Gasteiger partial charge on any atom is -0.339 e. The van der Waals surface area contributed by atoms with Gasteiger partial charge in [0.05, 0.1) is 0 Å². The number of aryl methyl sites for hydroxylation is 1. The Hall–Kier alpha value is -0.900. The molecule has 0 aromatic carbocycles. The van der Waals surface area contributed by atoms with Crippen LogP contribution in [0.5, 0.6) is 0 Å². The molecule has 1 rings (SSSR count). The maximum atomic E-state index is 5.28. The number of hydrogen-bond donors (Lipinski definition) is 1. The van der Waals surface area contributed by atoms with Crippen molar-refractivity contribution < 1.29 is 4.52 Å². The molecule has 0 saturated heterocycles. The van der Waals surface area contributed by atoms with E-state index in [1.165, 1.54) is 12.8 Å². The van der Waals surface area contributed by atoms with Gasteiger partial charge in [0.2, 0.25) is 5.89 Å². The normalized spacial score (nSPS) is 12.9. The van der Waals surface area contributed by atoms with E-state index in [9.17, 15) is 0 Å². The van der Waals surface area contributed by atoms with E-state index in [0.717, 1.165) is 43.9 Å². The lowest BCUT2D eigenvalue weighted by Gasteiger charge is -2.14. The molecule has 0 aliphatic carbocycles. The van der Waals surface area contributed by atoms with Gasteiger partial charge in [-0.3, -0.25) is 0 Å². The average Bonchev–Trinajstić information content (AvgIpc) is 2.75. The van der Waals surface area contributed by atoms with Crippen molar-refractivity contribution >= 4 is 0 Å². The van der Waals surface area contributed by atoms with Gasteiger partial charge in [0.1, 0.15) is 0 Å². The van der Waals surface area contributed by atoms with Crippen LogP contribution >= 0.6 is 0 Å². The van der Waals surface area contributed by atoms with Gasteiger partial charge in [0.15, 0.2) is 5.82 Å². The van der Waals surface area contributed by atoms with Crippen LogP contribution in [0.15, 0.2) is 4.52 Å². The molecule has 1 N–H and O–H groups in total. The average molecular weight is 239 g/mol. The van der Waals surface area contributed by atoms with Crippen molar-refractivity contribution in [2.24, 2.45) is 0 Å². The maximum absolute atomic E-state index is 5.28. The van der Waals surface area contributed by atoms with Gasteiger partial charge in [-0.05, 0) is 19.4 Å². The Morgan fingerprint density at radius 3 is 2.71 bits per heavy atom. The zero-order valence-electron chi connectivity index (χ0n) is 11.3. The van der Waals surface area contributed by atoms with Crippen molar-refractivity contribution in [3.05, 3.63) is 11.7 Å². The van der Waals surface area contributed by atoms with Crippen LogP contribution in [-0.2, 0) is 12.8 Å². The highest BCUT2D eigenvalue weighted by atomic mass is 16.5. The van der Waals surface area contributed by atoms with Crippen LogP contribution in [-0.4, -0.2) is 22.7 Å². The Labute approximate surface area is 104 Å². The van der Waals surface area contributed by atoms with Gasteiger partial charge in [-0.25, -0.2) is 0 Å². The number of hydrogen-bond acceptors (Lipinski definition) is 4. The quantitative estimate of drug-likeness (QED) is 0.720. The minimum absolute atomic E-state index is 0.462. The number of nitrogens with one attached hydrogen (secondary N) is 1. The predicted molar refractivity (Wildman–Crippen MR) is 69.0 cm³/mol. The molecule has 1 aromatic rings. The molecule has 1 aromatic heterocycles. The van der Waals surface area contributed by atoms with Crippen LogP contribution < -0.4 is 5.32 Å². The van der Waals surface area contributed by atoms with Crippen LogP contribution in [0, 0.1) is 0 Å². The monoisotopic (exact) mass is 239 g/mol. The highest BCUT2D eigenvalue weighted by Gasteiger charge is 2.12. The molecule has 4 heteroatoms. The smallest absolute Gasteiger partial charge is 0.228 e. The number of unbranched alkanes of at least 4 members (excludes halogenated alkanes) is 1. The van der Waals surface area contributed by atoms with Crippen LogP contribution in [0.1, 0.15) is 58.2 Å². The van der Waals surface area contributed by atoms with Gasteiger partial charge in [0, 0.05) is 18.9 Å². The molecule has 98 valence electrons. The zero-order valence-corrected chi connectivity index (χ0v) is 11.3. The molecule has 0 radical (unpaired) electrons. The van der Waals surface area contributed by atoms with E-state index in [-0.39, 0.29) is 0 Å². The standard InChI is InChI=1S/C13H25N3O/c1-4-7-9-12-15-13(17-16-12)10-11(8-5-2)14-6-3/h11,14H,4-10H2,1-3H3. The fraction of sp³-hybridized carbons (Fsp3) is 0.846. The minimum atomic E-state index is 0.462. The Morgan fingerprint density at radius 1 is 1.24 bits per heavy atom. The van der Waals surface area contributed by atoms with Crippen molar-refractivity contribution in [2.45, 2.75) is 65.3 Å². The number of nitrogens with zero attached hydrogens (tertiary/aromatic N) is 2. The fourth-order valence-electron chi connectivity index (χ4n) is 1.93. The summed E-state index contributed by atoms with van der Waals surface area (Å²) in [5.41, 5.74) is 0. The Balaban J connectivity index is 2.45. The van der Waals surface area contributed by atoms with Gasteiger partial charge in [-0.15, -0.1) is 0 Å². The molecule has 1 atom stereocenters. The molecule has 0 amide bonds. The summed E-state index contributed by atoms with van der Waals surface area (Å²) >= 11 is 0. The molecule has 0 aliphatic rings. The molecule has 1 unspecified atom stereocenters. The lowest BCUT2D eigenvalue weighted by molar-refractivity contribution is 0.348. The Morgan fingerprint density at radius 2 is 2.06 bits per heavy atom. The van der Waals surface area contributed by atoms with E-state index in [2.05, 4.69) is 36.2 Å². The number of likely N-dealkylation sites (N-methyl/N-ethyl adjacent to an activating group) is 1. The molecule has 0 aliphatic heterocycles. The summed E-state index contributed by atoms with van der Waals surface area (Å²) in [6.45, 7) is 7.49. The van der Waals surface area contributed by atoms with Crippen molar-refractivity contribution in [2.75, 3.05) is 6.54 Å². The van der Waals surface area contributed by atoms with Gasteiger partial charge >= 0.3 is 0 Å². The lowest BCUT2D eigenvalue weighted by Crippen LogP contribution is -2.30. The van der Waals surface area contributed by atoms with Gasteiger partial charge in [-0.2, -0.15) is 4.98 Å². The third-order valence-electron chi connectivity index (χ3n) is 2.82. The molecule has 0 spiro atoms. The summed E-state index contributed by atoms with van der Waals surface area (Å²) < 4.78 is 5.28. The Bertz CT molecular complexity index is 293. The van der Waals surface area contributed by atoms with Crippen LogP contribution in [0.25, 0.3) is 0 Å². The summed E-state index contributed by atoms with van der Waals surface area (Å²) in [6, 6.07) is 0.462. The maximum Gasteiger partial charge on any atom is 0.228 e. The van der Waals surface area contributed by atoms with Crippen molar-refractivity contribution in [1.82, 2.24) is 15.5 Å². The van der Waals surface area contributed by atoms with Crippen LogP contribution in [0.4, 0.5) is 0 Å². The van der Waals surface area contributed by atoms with Crippen molar-refractivity contribution in [1.29, 1.82) is 0 Å². The van der Waals surface area contributed by atoms with Crippen molar-refractivity contribution in [3.63, 3.8) is 0 Å². The van der Waals surface area contributed by atoms with E-state index in [1.54, 1.807) is 0 Å². The van der Waals surface area contributed by atoms with Gasteiger partial charge < -0.3 is 9.84 Å². The van der Waals surface area contributed by atoms with E-state index in [4.69, 9.17) is 4.52 Å². The molecule has 0 saturated carbocycles. The second-order valence-corrected chi connectivity index (χ2v) is 4.46. The fourth-order valence-corrected chi connectivity index (χ4v) is 1.93. The van der Waals surface area contributed by atoms with E-state index >= 15 is 0 Å². The van der Waals surface area contributed by atoms with Crippen LogP contribution in [0.3, 0.4) is 0 Å². The van der Waals surface area contributed by atoms with Gasteiger partial charge in [0.25, 0.3) is 0 Å². The molecule has 4 nitrogen and oxygen atoms in total. The highest BCUT2D eigenvalue weighted by Crippen LogP contribution is 2.07. The Kier molecular flexibility index (Phi) is 6.86. The predicted octanol–water partition coefficient (Wildman–Crippen LogP) is 2.73. The molecule has 0 bridgehead atoms. The summed E-state index contributed by atoms with van der Waals surface area (Å²) in [5, 5.41) is 7.47. The first-order chi connectivity index (χ1) is 8.30. The van der Waals surface area contributed by atoms with E-state index in [0.29, 0.717) is 6.04 Å². The summed E-state index contributed by atoms with van der Waals surface area (Å²) in [5.74, 6) is 1.63. The third kappa shape index (κ3) is 5.31. The molecular formula is C13H25N3O. The SMILES string of the molecule is CCCCc1noc(CC(CCC)NCC)n1. The largest absolute Gasteiger partial charge is 0.339 e. The van der Waals surface area contributed by atoms with Gasteiger partial charge in [-0.1, -0.05) is 38.8 Å². The molecule has 1 heterocycles. The van der Waals surface area contributed by atoms with Crippen molar-refractivity contribution in [3.8, 4) is 0 Å². The zero-order chi connectivity index (χ0) is 12.5. The van der Waals surface area contributed by atoms with E-state index in [1.807, 2.05) is 0 Å². The number of rotatable bonds is 9. The molecular weight excluding hydrogens is 214 g/mol. The third-order valence-corrected chi connectivity index (χ3v) is 2.82. The highest BCUT2D eigenvalue weighted by molar-refractivity contribution is 4.89. The topological polar surface area (TPSA) is 51.0 Å². The first kappa shape index (κ1) is 14.2. The summed E-state index contributed by atoms with van der Waals surface area (Å²) in [6.07, 6.45) is 6.40. The van der Waals surface area contributed by atoms with E-state index < -0.39 is 0 Å². The summed E-state index contributed by atoms with van der Waals surface area (Å²) in [7, 11) is 0. The molecule has 0 fully saturated rings.